The third-order valence-corrected chi connectivity index (χ3v) is 3.67. The largest absolute Gasteiger partial charge is 0.539 e. The predicted octanol–water partition coefficient (Wildman–Crippen LogP) is 2.24. The van der Waals surface area contributed by atoms with Crippen molar-refractivity contribution >= 4 is 11.9 Å². The molecule has 0 fully saturated rings. The number of benzene rings is 2. The van der Waals surface area contributed by atoms with Crippen LogP contribution in [0.1, 0.15) is 21.6 Å². The Labute approximate surface area is 144 Å². The van der Waals surface area contributed by atoms with Crippen molar-refractivity contribution in [3.63, 3.8) is 0 Å². The fourth-order valence-corrected chi connectivity index (χ4v) is 2.28. The molecule has 3 rings (SSSR count). The predicted molar refractivity (Wildman–Crippen MR) is 88.6 cm³/mol. The van der Waals surface area contributed by atoms with Crippen molar-refractivity contribution in [2.75, 3.05) is 7.11 Å². The zero-order valence-corrected chi connectivity index (χ0v) is 13.8. The number of aryl methyl sites for hydroxylation is 1. The molecule has 0 spiro atoms. The number of aromatic nitrogens is 2. The Bertz CT molecular complexity index is 910. The molecule has 6 heteroatoms. The van der Waals surface area contributed by atoms with Gasteiger partial charge in [-0.2, -0.15) is 0 Å². The van der Waals surface area contributed by atoms with Crippen LogP contribution in [0, 0.1) is 6.92 Å². The molecule has 3 aromatic rings. The average Bonchev–Trinajstić information content (AvgIpc) is 3.02. The van der Waals surface area contributed by atoms with Crippen LogP contribution in [0.25, 0.3) is 11.8 Å². The molecule has 0 aliphatic heterocycles. The van der Waals surface area contributed by atoms with E-state index < -0.39 is 11.7 Å². The van der Waals surface area contributed by atoms with E-state index in [-0.39, 0.29) is 5.69 Å². The van der Waals surface area contributed by atoms with Crippen LogP contribution >= 0.6 is 0 Å². The van der Waals surface area contributed by atoms with Gasteiger partial charge >= 0.3 is 5.69 Å². The molecule has 126 valence electrons. The van der Waals surface area contributed by atoms with Crippen LogP contribution in [0.3, 0.4) is 0 Å². The minimum atomic E-state index is -0.773. The summed E-state index contributed by atoms with van der Waals surface area (Å²) in [5.41, 5.74) is 2.30. The van der Waals surface area contributed by atoms with Gasteiger partial charge in [-0.05, 0) is 35.4 Å². The summed E-state index contributed by atoms with van der Waals surface area (Å²) < 4.78 is 11.0. The minimum absolute atomic E-state index is 0.145. The van der Waals surface area contributed by atoms with Crippen LogP contribution in [0.2, 0.25) is 0 Å². The quantitative estimate of drug-likeness (QED) is 0.405. The summed E-state index contributed by atoms with van der Waals surface area (Å²) in [6.07, 6.45) is 2.94. The molecule has 0 N–H and O–H groups in total. The van der Waals surface area contributed by atoms with Gasteiger partial charge in [-0.3, -0.25) is 4.79 Å². The highest BCUT2D eigenvalue weighted by atomic mass is 16.6. The van der Waals surface area contributed by atoms with Crippen molar-refractivity contribution in [2.45, 2.75) is 6.92 Å². The van der Waals surface area contributed by atoms with Crippen molar-refractivity contribution in [3.05, 3.63) is 71.4 Å². The van der Waals surface area contributed by atoms with Gasteiger partial charge in [0, 0.05) is 12.1 Å². The van der Waals surface area contributed by atoms with E-state index in [4.69, 9.17) is 4.74 Å². The first-order valence-corrected chi connectivity index (χ1v) is 7.61. The van der Waals surface area contributed by atoms with Crippen LogP contribution in [0.15, 0.2) is 59.1 Å². The van der Waals surface area contributed by atoms with Crippen LogP contribution in [-0.2, 0) is 0 Å². The van der Waals surface area contributed by atoms with E-state index in [9.17, 15) is 9.90 Å². The Hall–Kier alpha value is -3.41. The smallest absolute Gasteiger partial charge is 0.310 e. The molecular formula is C19H16N2O4. The van der Waals surface area contributed by atoms with E-state index in [0.717, 1.165) is 16.9 Å². The molecule has 1 heterocycles. The van der Waals surface area contributed by atoms with E-state index in [1.807, 2.05) is 31.2 Å². The maximum absolute atomic E-state index is 12.5. The fraction of sp³-hybridized carbons (Fsp3) is 0.105. The van der Waals surface area contributed by atoms with E-state index in [1.165, 1.54) is 10.8 Å². The monoisotopic (exact) mass is 336 g/mol. The van der Waals surface area contributed by atoms with E-state index in [0.29, 0.717) is 5.69 Å². The molecule has 0 amide bonds. The number of hydrogen-bond donors (Lipinski definition) is 0. The molecule has 0 saturated heterocycles. The van der Waals surface area contributed by atoms with Gasteiger partial charge in [0.2, 0.25) is 5.69 Å². The normalized spacial score (nSPS) is 11.0. The Kier molecular flexibility index (Phi) is 4.61. The summed E-state index contributed by atoms with van der Waals surface area (Å²) >= 11 is 0. The lowest BCUT2D eigenvalue weighted by Crippen LogP contribution is -2.38. The first-order valence-electron chi connectivity index (χ1n) is 7.61. The lowest BCUT2D eigenvalue weighted by Gasteiger charge is -1.99. The molecule has 25 heavy (non-hydrogen) atoms. The topological polar surface area (TPSA) is 79.3 Å². The Morgan fingerprint density at radius 1 is 1.16 bits per heavy atom. The second-order valence-corrected chi connectivity index (χ2v) is 5.43. The lowest BCUT2D eigenvalue weighted by atomic mass is 10.1. The van der Waals surface area contributed by atoms with Crippen molar-refractivity contribution in [1.29, 1.82) is 0 Å². The lowest BCUT2D eigenvalue weighted by molar-refractivity contribution is -0.672. The van der Waals surface area contributed by atoms with Crippen LogP contribution in [-0.4, -0.2) is 18.2 Å². The fourth-order valence-electron chi connectivity index (χ4n) is 2.28. The summed E-state index contributed by atoms with van der Waals surface area (Å²) in [6.45, 7) is 1.94. The number of ketones is 1. The van der Waals surface area contributed by atoms with Gasteiger partial charge in [0.15, 0.2) is 5.95 Å². The summed E-state index contributed by atoms with van der Waals surface area (Å²) in [5, 5.41) is 15.6. The molecule has 6 nitrogen and oxygen atoms in total. The Morgan fingerprint density at radius 2 is 1.84 bits per heavy atom. The van der Waals surface area contributed by atoms with Crippen LogP contribution < -0.4 is 14.5 Å². The van der Waals surface area contributed by atoms with Gasteiger partial charge in [-0.25, -0.2) is 0 Å². The number of hydrogen-bond acceptors (Lipinski definition) is 5. The number of methoxy groups -OCH3 is 1. The number of ether oxygens (including phenoxy) is 1. The third kappa shape index (κ3) is 3.58. The zero-order chi connectivity index (χ0) is 17.8. The first kappa shape index (κ1) is 16.4. The molecule has 1 aromatic heterocycles. The summed E-state index contributed by atoms with van der Waals surface area (Å²) in [7, 11) is 1.58. The molecule has 0 atom stereocenters. The average molecular weight is 336 g/mol. The second-order valence-electron chi connectivity index (χ2n) is 5.43. The molecule has 0 bridgehead atoms. The number of allylic oxidation sites excluding steroid dienone is 1. The molecule has 0 saturated carbocycles. The Balaban J connectivity index is 1.88. The number of carbonyl (C=O) groups excluding carboxylic acids is 1. The molecule has 0 aliphatic rings. The van der Waals surface area contributed by atoms with Crippen molar-refractivity contribution in [1.82, 2.24) is 5.27 Å². The summed E-state index contributed by atoms with van der Waals surface area (Å²) in [4.78, 5) is 12.5. The minimum Gasteiger partial charge on any atom is -0.539 e. The van der Waals surface area contributed by atoms with E-state index in [1.54, 1.807) is 37.5 Å². The summed E-state index contributed by atoms with van der Waals surface area (Å²) in [5.74, 6) is -0.533. The van der Waals surface area contributed by atoms with Crippen LogP contribution in [0.4, 0.5) is 0 Å². The highest BCUT2D eigenvalue weighted by molar-refractivity contribution is 6.05. The zero-order valence-electron chi connectivity index (χ0n) is 13.8. The van der Waals surface area contributed by atoms with Gasteiger partial charge in [0.05, 0.1) is 12.4 Å². The van der Waals surface area contributed by atoms with E-state index >= 15 is 0 Å². The number of rotatable bonds is 5. The first-order chi connectivity index (χ1) is 12.1. The van der Waals surface area contributed by atoms with Gasteiger partial charge in [0.1, 0.15) is 5.75 Å². The van der Waals surface area contributed by atoms with Gasteiger partial charge in [0.25, 0.3) is 5.78 Å². The maximum atomic E-state index is 12.5. The third-order valence-electron chi connectivity index (χ3n) is 3.67. The Morgan fingerprint density at radius 3 is 2.48 bits per heavy atom. The van der Waals surface area contributed by atoms with Crippen molar-refractivity contribution in [2.24, 2.45) is 0 Å². The summed E-state index contributed by atoms with van der Waals surface area (Å²) in [6, 6.07) is 14.4. The van der Waals surface area contributed by atoms with Crippen molar-refractivity contribution in [3.8, 4) is 17.4 Å². The van der Waals surface area contributed by atoms with Crippen LogP contribution in [0.5, 0.6) is 11.7 Å². The van der Waals surface area contributed by atoms with Gasteiger partial charge in [-0.1, -0.05) is 35.9 Å². The maximum Gasteiger partial charge on any atom is 0.310 e. The van der Waals surface area contributed by atoms with E-state index in [2.05, 4.69) is 9.79 Å². The van der Waals surface area contributed by atoms with Gasteiger partial charge in [-0.15, -0.1) is 0 Å². The number of carbonyl (C=O) groups is 1. The molecular weight excluding hydrogens is 320 g/mol. The molecule has 0 radical (unpaired) electrons. The molecule has 0 unspecified atom stereocenters. The molecule has 0 aliphatic carbocycles. The molecule has 2 aromatic carbocycles. The SMILES string of the molecule is COc1ccc(/C=C/C(=O)c2c([O-])on[n+]2-c2ccc(C)cc2)cc1. The second kappa shape index (κ2) is 7.00. The van der Waals surface area contributed by atoms with Crippen molar-refractivity contribution < 1.29 is 23.8 Å². The highest BCUT2D eigenvalue weighted by Gasteiger charge is 2.25. The number of nitrogens with zero attached hydrogens (tertiary/aromatic N) is 2. The van der Waals surface area contributed by atoms with Gasteiger partial charge < -0.3 is 14.4 Å². The standard InChI is InChI=1S/C19H16N2O4/c1-13-3-8-15(9-4-13)21-18(19(23)25-20-21)17(22)12-7-14-5-10-16(24-2)11-6-14/h3-12H,1-2H3/b12-7+. The highest BCUT2D eigenvalue weighted by Crippen LogP contribution is 2.15.